The first kappa shape index (κ1) is 19.0. The van der Waals surface area contributed by atoms with Gasteiger partial charge >= 0.3 is 0 Å². The van der Waals surface area contributed by atoms with Gasteiger partial charge in [-0.25, -0.2) is 0 Å². The maximum Gasteiger partial charge on any atom is 0.182 e. The number of carbonyl (C=O) groups is 1. The third-order valence-corrected chi connectivity index (χ3v) is 4.39. The second-order valence-corrected chi connectivity index (χ2v) is 6.77. The smallest absolute Gasteiger partial charge is 0.182 e. The molecule has 0 radical (unpaired) electrons. The number of ketones is 1. The average Bonchev–Trinajstić information content (AvgIpc) is 2.57. The van der Waals surface area contributed by atoms with Gasteiger partial charge in [-0.05, 0) is 79.4 Å². The lowest BCUT2D eigenvalue weighted by Gasteiger charge is -1.98. The van der Waals surface area contributed by atoms with Crippen LogP contribution in [0, 0.1) is 0 Å². The van der Waals surface area contributed by atoms with Gasteiger partial charge in [-0.2, -0.15) is 0 Å². The van der Waals surface area contributed by atoms with Gasteiger partial charge in [0.05, 0.1) is 8.95 Å². The SMILES string of the molecule is O=C(/C=C(O)/C=C/c1ccc(O)c(Br)c1)/C=C/c1ccc(O)c(Br)c1. The number of carbonyl (C=O) groups excluding carboxylic acids is 1. The summed E-state index contributed by atoms with van der Waals surface area (Å²) in [6.07, 6.45) is 7.00. The number of allylic oxidation sites excluding steroid dienone is 3. The van der Waals surface area contributed by atoms with Crippen molar-refractivity contribution in [3.63, 3.8) is 0 Å². The van der Waals surface area contributed by atoms with E-state index in [1.54, 1.807) is 36.4 Å². The van der Waals surface area contributed by atoms with Crippen LogP contribution in [-0.4, -0.2) is 21.1 Å². The average molecular weight is 466 g/mol. The number of phenols is 2. The van der Waals surface area contributed by atoms with Gasteiger partial charge in [0.15, 0.2) is 5.78 Å². The first-order valence-corrected chi connectivity index (χ1v) is 8.71. The van der Waals surface area contributed by atoms with E-state index < -0.39 is 0 Å². The minimum Gasteiger partial charge on any atom is -0.508 e. The normalized spacial score (nSPS) is 12.2. The Morgan fingerprint density at radius 3 is 1.80 bits per heavy atom. The molecular weight excluding hydrogens is 452 g/mol. The zero-order valence-electron chi connectivity index (χ0n) is 12.9. The van der Waals surface area contributed by atoms with Crippen molar-refractivity contribution in [3.8, 4) is 11.5 Å². The highest BCUT2D eigenvalue weighted by Crippen LogP contribution is 2.25. The number of aliphatic hydroxyl groups is 1. The first-order valence-electron chi connectivity index (χ1n) is 7.13. The molecular formula is C19H14Br2O4. The van der Waals surface area contributed by atoms with Crippen LogP contribution >= 0.6 is 31.9 Å². The Kier molecular flexibility index (Phi) is 6.61. The second kappa shape index (κ2) is 8.69. The van der Waals surface area contributed by atoms with Crippen molar-refractivity contribution in [2.45, 2.75) is 0 Å². The van der Waals surface area contributed by atoms with Crippen LogP contribution in [0.4, 0.5) is 0 Å². The molecule has 0 aliphatic heterocycles. The molecule has 0 spiro atoms. The fourth-order valence-corrected chi connectivity index (χ4v) is 2.65. The molecule has 6 heteroatoms. The summed E-state index contributed by atoms with van der Waals surface area (Å²) in [5.41, 5.74) is 1.48. The van der Waals surface area contributed by atoms with Gasteiger partial charge in [0, 0.05) is 6.08 Å². The molecule has 2 rings (SSSR count). The van der Waals surface area contributed by atoms with Crippen LogP contribution in [0.3, 0.4) is 0 Å². The highest BCUT2D eigenvalue weighted by Gasteiger charge is 1.99. The third kappa shape index (κ3) is 5.92. The minimum atomic E-state index is -0.377. The van der Waals surface area contributed by atoms with Crippen LogP contribution in [0.25, 0.3) is 12.2 Å². The summed E-state index contributed by atoms with van der Waals surface area (Å²) in [5, 5.41) is 28.6. The van der Waals surface area contributed by atoms with Crippen molar-refractivity contribution in [2.75, 3.05) is 0 Å². The molecule has 25 heavy (non-hydrogen) atoms. The molecule has 4 nitrogen and oxygen atoms in total. The standard InChI is InChI=1S/C19H14Br2O4/c20-16-9-12(3-7-18(16)24)1-5-14(22)11-15(23)6-2-13-4-8-19(25)17(21)10-13/h1-11,22,24-25H/b5-1+,6-2+,14-11-. The number of hydrogen-bond donors (Lipinski definition) is 3. The van der Waals surface area contributed by atoms with Crippen molar-refractivity contribution in [1.82, 2.24) is 0 Å². The van der Waals surface area contributed by atoms with Gasteiger partial charge in [0.2, 0.25) is 0 Å². The number of aliphatic hydroxyl groups excluding tert-OH is 1. The molecule has 3 N–H and O–H groups in total. The van der Waals surface area contributed by atoms with Gasteiger partial charge in [0.25, 0.3) is 0 Å². The van der Waals surface area contributed by atoms with Crippen LogP contribution in [-0.2, 0) is 4.79 Å². The summed E-state index contributed by atoms with van der Waals surface area (Å²) >= 11 is 6.40. The quantitative estimate of drug-likeness (QED) is 0.315. The van der Waals surface area contributed by atoms with E-state index in [0.29, 0.717) is 8.95 Å². The van der Waals surface area contributed by atoms with E-state index in [1.807, 2.05) is 0 Å². The predicted octanol–water partition coefficient (Wildman–Crippen LogP) is 5.36. The molecule has 0 saturated heterocycles. The van der Waals surface area contributed by atoms with E-state index in [-0.39, 0.29) is 23.0 Å². The van der Waals surface area contributed by atoms with E-state index >= 15 is 0 Å². The molecule has 2 aromatic rings. The highest BCUT2D eigenvalue weighted by molar-refractivity contribution is 9.10. The summed E-state index contributed by atoms with van der Waals surface area (Å²) in [6, 6.07) is 9.73. The van der Waals surface area contributed by atoms with Crippen LogP contribution < -0.4 is 0 Å². The van der Waals surface area contributed by atoms with Gasteiger partial charge in [-0.3, -0.25) is 4.79 Å². The van der Waals surface area contributed by atoms with Crippen molar-refractivity contribution in [3.05, 3.63) is 80.5 Å². The summed E-state index contributed by atoms with van der Waals surface area (Å²) in [6.45, 7) is 0. The molecule has 0 atom stereocenters. The Labute approximate surface area is 161 Å². The topological polar surface area (TPSA) is 77.8 Å². The van der Waals surface area contributed by atoms with E-state index in [1.165, 1.54) is 24.3 Å². The zero-order chi connectivity index (χ0) is 18.4. The van der Waals surface area contributed by atoms with Crippen LogP contribution in [0.1, 0.15) is 11.1 Å². The van der Waals surface area contributed by atoms with Gasteiger partial charge in [-0.1, -0.05) is 24.3 Å². The van der Waals surface area contributed by atoms with Crippen molar-refractivity contribution < 1.29 is 20.1 Å². The molecule has 0 bridgehead atoms. The van der Waals surface area contributed by atoms with Crippen LogP contribution in [0.2, 0.25) is 0 Å². The molecule has 0 unspecified atom stereocenters. The molecule has 0 fully saturated rings. The van der Waals surface area contributed by atoms with Crippen molar-refractivity contribution in [1.29, 1.82) is 0 Å². The number of aromatic hydroxyl groups is 2. The third-order valence-electron chi connectivity index (χ3n) is 3.12. The molecule has 0 amide bonds. The monoisotopic (exact) mass is 464 g/mol. The Balaban J connectivity index is 2.03. The number of phenolic OH excluding ortho intramolecular Hbond substituents is 2. The number of rotatable bonds is 5. The van der Waals surface area contributed by atoms with Gasteiger partial charge in [0.1, 0.15) is 17.3 Å². The fourth-order valence-electron chi connectivity index (χ4n) is 1.86. The van der Waals surface area contributed by atoms with Gasteiger partial charge in [-0.15, -0.1) is 0 Å². The summed E-state index contributed by atoms with van der Waals surface area (Å²) in [4.78, 5) is 11.8. The number of benzene rings is 2. The first-order chi connectivity index (χ1) is 11.8. The Bertz CT molecular complexity index is 883. The summed E-state index contributed by atoms with van der Waals surface area (Å²) in [5.74, 6) is -0.325. The Morgan fingerprint density at radius 1 is 0.840 bits per heavy atom. The van der Waals surface area contributed by atoms with E-state index in [4.69, 9.17) is 0 Å². The molecule has 0 aliphatic carbocycles. The Hall–Kier alpha value is -2.31. The molecule has 0 aromatic heterocycles. The van der Waals surface area contributed by atoms with Crippen LogP contribution in [0.15, 0.2) is 69.3 Å². The maximum atomic E-state index is 11.8. The number of halogens is 2. The fraction of sp³-hybridized carbons (Fsp3) is 0. The second-order valence-electron chi connectivity index (χ2n) is 5.06. The van der Waals surface area contributed by atoms with E-state index in [2.05, 4.69) is 31.9 Å². The zero-order valence-corrected chi connectivity index (χ0v) is 16.0. The van der Waals surface area contributed by atoms with Gasteiger partial charge < -0.3 is 15.3 Å². The largest absolute Gasteiger partial charge is 0.508 e. The molecule has 0 saturated carbocycles. The predicted molar refractivity (Wildman–Crippen MR) is 105 cm³/mol. The summed E-state index contributed by atoms with van der Waals surface area (Å²) < 4.78 is 1.07. The molecule has 0 heterocycles. The Morgan fingerprint density at radius 2 is 1.32 bits per heavy atom. The lowest BCUT2D eigenvalue weighted by molar-refractivity contribution is -0.110. The van der Waals surface area contributed by atoms with Crippen LogP contribution in [0.5, 0.6) is 11.5 Å². The molecule has 0 aliphatic rings. The lowest BCUT2D eigenvalue weighted by Crippen LogP contribution is -1.88. The van der Waals surface area contributed by atoms with Crippen molar-refractivity contribution >= 4 is 49.8 Å². The van der Waals surface area contributed by atoms with Crippen molar-refractivity contribution in [2.24, 2.45) is 0 Å². The minimum absolute atomic E-state index is 0.118. The molecule has 2 aromatic carbocycles. The maximum absolute atomic E-state index is 11.8. The number of hydrogen-bond acceptors (Lipinski definition) is 4. The highest BCUT2D eigenvalue weighted by atomic mass is 79.9. The molecule has 128 valence electrons. The van der Waals surface area contributed by atoms with E-state index in [9.17, 15) is 20.1 Å². The lowest BCUT2D eigenvalue weighted by atomic mass is 10.1. The summed E-state index contributed by atoms with van der Waals surface area (Å²) in [7, 11) is 0. The van der Waals surface area contributed by atoms with E-state index in [0.717, 1.165) is 17.2 Å².